The highest BCUT2D eigenvalue weighted by molar-refractivity contribution is 7.09. The van der Waals surface area contributed by atoms with Crippen LogP contribution in [0.4, 0.5) is 5.69 Å². The molecule has 0 fully saturated rings. The molecule has 136 valence electrons. The molecule has 0 unspecified atom stereocenters. The number of rotatable bonds is 4. The summed E-state index contributed by atoms with van der Waals surface area (Å²) < 4.78 is 5.80. The molecule has 3 aromatic rings. The van der Waals surface area contributed by atoms with Gasteiger partial charge in [-0.05, 0) is 41.8 Å². The average Bonchev–Trinajstić information content (AvgIpc) is 3.16. The number of carbonyl (C=O) groups is 2. The second-order valence-electron chi connectivity index (χ2n) is 5.82. The summed E-state index contributed by atoms with van der Waals surface area (Å²) >= 11 is 7.67. The van der Waals surface area contributed by atoms with Crippen LogP contribution in [0.2, 0.25) is 5.02 Å². The molecule has 0 spiro atoms. The van der Waals surface area contributed by atoms with Crippen LogP contribution in [0.25, 0.3) is 0 Å². The molecule has 0 radical (unpaired) electrons. The van der Waals surface area contributed by atoms with Crippen LogP contribution in [0.5, 0.6) is 11.6 Å². The molecule has 1 aliphatic rings. The first-order valence-corrected chi connectivity index (χ1v) is 9.41. The molecule has 0 bridgehead atoms. The molecule has 0 atom stereocenters. The Morgan fingerprint density at radius 3 is 2.96 bits per heavy atom. The van der Waals surface area contributed by atoms with Gasteiger partial charge >= 0.3 is 0 Å². The van der Waals surface area contributed by atoms with E-state index in [-0.39, 0.29) is 29.8 Å². The summed E-state index contributed by atoms with van der Waals surface area (Å²) in [4.78, 5) is 32.1. The number of carbonyl (C=O) groups excluding carboxylic acids is 2. The highest BCUT2D eigenvalue weighted by Crippen LogP contribution is 2.39. The number of ether oxygens (including phenoxy) is 1. The molecule has 1 aromatic carbocycles. The van der Waals surface area contributed by atoms with E-state index < -0.39 is 0 Å². The van der Waals surface area contributed by atoms with Gasteiger partial charge in [-0.1, -0.05) is 17.7 Å². The maximum Gasteiger partial charge on any atom is 0.264 e. The molecule has 27 heavy (non-hydrogen) atoms. The smallest absolute Gasteiger partial charge is 0.264 e. The molecule has 0 aliphatic carbocycles. The Kier molecular flexibility index (Phi) is 4.79. The maximum atomic E-state index is 13.1. The van der Waals surface area contributed by atoms with Gasteiger partial charge in [0.15, 0.2) is 5.75 Å². The first kappa shape index (κ1) is 17.5. The summed E-state index contributed by atoms with van der Waals surface area (Å²) in [6.45, 7) is 0.255. The molecule has 0 saturated carbocycles. The molecule has 1 aliphatic heterocycles. The van der Waals surface area contributed by atoms with Gasteiger partial charge in [-0.3, -0.25) is 14.5 Å². The number of aromatic nitrogens is 1. The molecule has 6 nitrogen and oxygen atoms in total. The van der Waals surface area contributed by atoms with Gasteiger partial charge in [0.05, 0.1) is 12.2 Å². The van der Waals surface area contributed by atoms with Gasteiger partial charge in [0, 0.05) is 16.1 Å². The number of hydrogen-bond acceptors (Lipinski definition) is 5. The third-order valence-corrected chi connectivity index (χ3v) is 5.12. The van der Waals surface area contributed by atoms with Crippen LogP contribution in [-0.4, -0.2) is 23.3 Å². The lowest BCUT2D eigenvalue weighted by Crippen LogP contribution is -2.40. The van der Waals surface area contributed by atoms with Gasteiger partial charge in [-0.25, -0.2) is 4.98 Å². The maximum absolute atomic E-state index is 13.1. The number of benzene rings is 1. The molecule has 4 rings (SSSR count). The van der Waals surface area contributed by atoms with E-state index in [0.29, 0.717) is 23.0 Å². The van der Waals surface area contributed by atoms with E-state index >= 15 is 0 Å². The number of amides is 2. The highest BCUT2D eigenvalue weighted by Gasteiger charge is 2.30. The minimum absolute atomic E-state index is 0.157. The fourth-order valence-corrected chi connectivity index (χ4v) is 3.55. The zero-order valence-electron chi connectivity index (χ0n) is 14.0. The first-order valence-electron chi connectivity index (χ1n) is 8.15. The van der Waals surface area contributed by atoms with Crippen LogP contribution >= 0.6 is 22.9 Å². The van der Waals surface area contributed by atoms with Crippen LogP contribution in [0.3, 0.4) is 0 Å². The second kappa shape index (κ2) is 7.38. The SMILES string of the molecule is O=C(CN1C(=O)c2cccnc2Oc2ccc(Cl)cc21)NCc1cccs1. The predicted octanol–water partition coefficient (Wildman–Crippen LogP) is 3.87. The summed E-state index contributed by atoms with van der Waals surface area (Å²) in [6.07, 6.45) is 1.55. The van der Waals surface area contributed by atoms with E-state index in [1.165, 1.54) is 4.90 Å². The number of hydrogen-bond donors (Lipinski definition) is 1. The van der Waals surface area contributed by atoms with Gasteiger partial charge in [0.2, 0.25) is 11.8 Å². The van der Waals surface area contributed by atoms with Crippen molar-refractivity contribution in [2.75, 3.05) is 11.4 Å². The van der Waals surface area contributed by atoms with E-state index in [1.54, 1.807) is 47.9 Å². The lowest BCUT2D eigenvalue weighted by atomic mass is 10.2. The fraction of sp³-hybridized carbons (Fsp3) is 0.105. The van der Waals surface area contributed by atoms with Crippen molar-refractivity contribution in [2.24, 2.45) is 0 Å². The van der Waals surface area contributed by atoms with Crippen molar-refractivity contribution < 1.29 is 14.3 Å². The van der Waals surface area contributed by atoms with Crippen molar-refractivity contribution in [3.8, 4) is 11.6 Å². The standard InChI is InChI=1S/C19H14ClN3O3S/c20-12-5-6-16-15(9-12)23(11-17(24)22-10-13-3-2-8-27-13)19(25)14-4-1-7-21-18(14)26-16/h1-9H,10-11H2,(H,22,24). The predicted molar refractivity (Wildman–Crippen MR) is 104 cm³/mol. The Morgan fingerprint density at radius 2 is 2.15 bits per heavy atom. The largest absolute Gasteiger partial charge is 0.436 e. The molecule has 2 amide bonds. The minimum atomic E-state index is -0.370. The van der Waals surface area contributed by atoms with Crippen molar-refractivity contribution >= 4 is 40.4 Å². The van der Waals surface area contributed by atoms with Gasteiger partial charge in [0.1, 0.15) is 12.1 Å². The Hall–Kier alpha value is -2.90. The van der Waals surface area contributed by atoms with Gasteiger partial charge in [-0.2, -0.15) is 0 Å². The number of anilines is 1. The molecule has 0 saturated heterocycles. The second-order valence-corrected chi connectivity index (χ2v) is 7.29. The van der Waals surface area contributed by atoms with Crippen molar-refractivity contribution in [1.82, 2.24) is 10.3 Å². The average molecular weight is 400 g/mol. The molecule has 3 heterocycles. The normalized spacial score (nSPS) is 12.6. The quantitative estimate of drug-likeness (QED) is 0.723. The molecular formula is C19H14ClN3O3S. The fourth-order valence-electron chi connectivity index (χ4n) is 2.74. The van der Waals surface area contributed by atoms with Crippen LogP contribution in [0.1, 0.15) is 15.2 Å². The molecule has 2 aromatic heterocycles. The van der Waals surface area contributed by atoms with Crippen LogP contribution in [0, 0.1) is 0 Å². The van der Waals surface area contributed by atoms with Gasteiger partial charge < -0.3 is 10.1 Å². The summed E-state index contributed by atoms with van der Waals surface area (Å²) in [6, 6.07) is 12.1. The van der Waals surface area contributed by atoms with E-state index in [0.717, 1.165) is 4.88 Å². The third kappa shape index (κ3) is 3.65. The molecular weight excluding hydrogens is 386 g/mol. The number of nitrogens with zero attached hydrogens (tertiary/aromatic N) is 2. The van der Waals surface area contributed by atoms with Crippen molar-refractivity contribution in [1.29, 1.82) is 0 Å². The van der Waals surface area contributed by atoms with Crippen LogP contribution < -0.4 is 15.0 Å². The molecule has 1 N–H and O–H groups in total. The lowest BCUT2D eigenvalue weighted by molar-refractivity contribution is -0.119. The Morgan fingerprint density at radius 1 is 1.26 bits per heavy atom. The Labute approximate surface area is 164 Å². The Bertz CT molecular complexity index is 1010. The Balaban J connectivity index is 1.64. The first-order chi connectivity index (χ1) is 13.1. The highest BCUT2D eigenvalue weighted by atomic mass is 35.5. The number of thiophene rings is 1. The van der Waals surface area contributed by atoms with Crippen LogP contribution in [-0.2, 0) is 11.3 Å². The van der Waals surface area contributed by atoms with Crippen LogP contribution in [0.15, 0.2) is 54.0 Å². The van der Waals surface area contributed by atoms with Gasteiger partial charge in [0.25, 0.3) is 5.91 Å². The minimum Gasteiger partial charge on any atom is -0.436 e. The molecule has 8 heteroatoms. The lowest BCUT2D eigenvalue weighted by Gasteiger charge is -2.21. The monoisotopic (exact) mass is 399 g/mol. The summed E-state index contributed by atoms with van der Waals surface area (Å²) in [5, 5.41) is 5.21. The zero-order chi connectivity index (χ0) is 18.8. The van der Waals surface area contributed by atoms with Crippen molar-refractivity contribution in [3.05, 3.63) is 69.5 Å². The topological polar surface area (TPSA) is 71.5 Å². The van der Waals surface area contributed by atoms with Gasteiger partial charge in [-0.15, -0.1) is 11.3 Å². The van der Waals surface area contributed by atoms with E-state index in [9.17, 15) is 9.59 Å². The van der Waals surface area contributed by atoms with E-state index in [4.69, 9.17) is 16.3 Å². The third-order valence-electron chi connectivity index (χ3n) is 4.01. The summed E-state index contributed by atoms with van der Waals surface area (Å²) in [7, 11) is 0. The summed E-state index contributed by atoms with van der Waals surface area (Å²) in [5.41, 5.74) is 0.715. The number of pyridine rings is 1. The summed E-state index contributed by atoms with van der Waals surface area (Å²) in [5.74, 6) is -0.0378. The van der Waals surface area contributed by atoms with E-state index in [1.807, 2.05) is 17.5 Å². The zero-order valence-corrected chi connectivity index (χ0v) is 15.6. The van der Waals surface area contributed by atoms with Crippen molar-refractivity contribution in [3.63, 3.8) is 0 Å². The number of nitrogens with one attached hydrogen (secondary N) is 1. The number of fused-ring (bicyclic) bond motifs is 2. The van der Waals surface area contributed by atoms with E-state index in [2.05, 4.69) is 10.3 Å². The van der Waals surface area contributed by atoms with Crippen molar-refractivity contribution in [2.45, 2.75) is 6.54 Å². The number of halogens is 1.